The smallest absolute Gasteiger partial charge is 0.303 e. The molecule has 1 N–H and O–H groups in total. The standard InChI is InChI=1S/C9H14O2/c10-9(11)7-8-5-3-1-2-4-6-8/h3,5,8H,1-2,4,6-7H2,(H,10,11)/t8-/m0/s1. The highest BCUT2D eigenvalue weighted by Gasteiger charge is 2.10. The molecular formula is C9H14O2. The Morgan fingerprint density at radius 3 is 3.09 bits per heavy atom. The van der Waals surface area contributed by atoms with E-state index in [1.165, 1.54) is 12.8 Å². The average Bonchev–Trinajstić information content (AvgIpc) is 2.14. The zero-order valence-electron chi connectivity index (χ0n) is 6.62. The Bertz CT molecular complexity index is 161. The Hall–Kier alpha value is -0.790. The first-order valence-corrected chi connectivity index (χ1v) is 4.17. The van der Waals surface area contributed by atoms with E-state index >= 15 is 0 Å². The quantitative estimate of drug-likeness (QED) is 0.619. The lowest BCUT2D eigenvalue weighted by atomic mass is 10.0. The van der Waals surface area contributed by atoms with Gasteiger partial charge in [0.15, 0.2) is 0 Å². The first-order valence-electron chi connectivity index (χ1n) is 4.17. The van der Waals surface area contributed by atoms with Crippen LogP contribution < -0.4 is 0 Å². The zero-order chi connectivity index (χ0) is 8.10. The molecule has 0 saturated heterocycles. The zero-order valence-corrected chi connectivity index (χ0v) is 6.62. The van der Waals surface area contributed by atoms with Crippen molar-refractivity contribution in [3.63, 3.8) is 0 Å². The SMILES string of the molecule is O=C(O)C[C@H]1C=CCCCC1. The van der Waals surface area contributed by atoms with Crippen LogP contribution in [0.1, 0.15) is 32.1 Å². The number of carbonyl (C=O) groups is 1. The number of carboxylic acid groups (broad SMARTS) is 1. The van der Waals surface area contributed by atoms with Gasteiger partial charge in [0.2, 0.25) is 0 Å². The maximum Gasteiger partial charge on any atom is 0.303 e. The molecule has 0 amide bonds. The fourth-order valence-electron chi connectivity index (χ4n) is 1.45. The Morgan fingerprint density at radius 2 is 2.36 bits per heavy atom. The molecule has 1 rings (SSSR count). The molecule has 0 heterocycles. The summed E-state index contributed by atoms with van der Waals surface area (Å²) in [4.78, 5) is 10.3. The number of hydrogen-bond donors (Lipinski definition) is 1. The van der Waals surface area contributed by atoms with E-state index in [4.69, 9.17) is 5.11 Å². The van der Waals surface area contributed by atoms with Gasteiger partial charge < -0.3 is 5.11 Å². The third-order valence-electron chi connectivity index (χ3n) is 2.04. The highest BCUT2D eigenvalue weighted by molar-refractivity contribution is 5.67. The van der Waals surface area contributed by atoms with E-state index in [2.05, 4.69) is 12.2 Å². The maximum absolute atomic E-state index is 10.3. The second-order valence-electron chi connectivity index (χ2n) is 3.07. The van der Waals surface area contributed by atoms with Gasteiger partial charge in [-0.25, -0.2) is 0 Å². The summed E-state index contributed by atoms with van der Waals surface area (Å²) in [5.74, 6) is -0.392. The van der Waals surface area contributed by atoms with Gasteiger partial charge in [0.25, 0.3) is 0 Å². The second kappa shape index (κ2) is 4.16. The molecule has 0 aromatic heterocycles. The van der Waals surface area contributed by atoms with Gasteiger partial charge in [0, 0.05) is 0 Å². The molecule has 0 radical (unpaired) electrons. The Balaban J connectivity index is 2.36. The molecule has 2 nitrogen and oxygen atoms in total. The van der Waals surface area contributed by atoms with Gasteiger partial charge in [0.05, 0.1) is 6.42 Å². The lowest BCUT2D eigenvalue weighted by Gasteiger charge is -2.05. The molecule has 1 atom stereocenters. The van der Waals surface area contributed by atoms with Crippen molar-refractivity contribution < 1.29 is 9.90 Å². The summed E-state index contributed by atoms with van der Waals surface area (Å²) in [6.07, 6.45) is 9.02. The lowest BCUT2D eigenvalue weighted by Crippen LogP contribution is -2.04. The maximum atomic E-state index is 10.3. The monoisotopic (exact) mass is 154 g/mol. The van der Waals surface area contributed by atoms with Crippen LogP contribution in [0.25, 0.3) is 0 Å². The van der Waals surface area contributed by atoms with Crippen LogP contribution in [0.15, 0.2) is 12.2 Å². The van der Waals surface area contributed by atoms with Crippen molar-refractivity contribution in [1.82, 2.24) is 0 Å². The number of carboxylic acids is 1. The molecule has 0 spiro atoms. The van der Waals surface area contributed by atoms with Crippen LogP contribution in [0.2, 0.25) is 0 Å². The summed E-state index contributed by atoms with van der Waals surface area (Å²) in [6, 6.07) is 0. The van der Waals surface area contributed by atoms with Gasteiger partial charge in [0.1, 0.15) is 0 Å². The van der Waals surface area contributed by atoms with Crippen LogP contribution in [-0.2, 0) is 4.79 Å². The third kappa shape index (κ3) is 3.21. The largest absolute Gasteiger partial charge is 0.481 e. The van der Waals surface area contributed by atoms with Gasteiger partial charge in [-0.05, 0) is 25.2 Å². The van der Waals surface area contributed by atoms with E-state index in [9.17, 15) is 4.79 Å². The minimum absolute atomic E-state index is 0.287. The number of allylic oxidation sites excluding steroid dienone is 2. The summed E-state index contributed by atoms with van der Waals surface area (Å²) < 4.78 is 0. The van der Waals surface area contributed by atoms with Crippen molar-refractivity contribution in [3.05, 3.63) is 12.2 Å². The van der Waals surface area contributed by atoms with Crippen LogP contribution in [0, 0.1) is 5.92 Å². The summed E-state index contributed by atoms with van der Waals surface area (Å²) >= 11 is 0. The molecule has 1 aliphatic rings. The molecule has 0 aromatic rings. The van der Waals surface area contributed by atoms with Crippen molar-refractivity contribution in [2.75, 3.05) is 0 Å². The number of hydrogen-bond acceptors (Lipinski definition) is 1. The molecule has 0 fully saturated rings. The van der Waals surface area contributed by atoms with Gasteiger partial charge in [-0.15, -0.1) is 0 Å². The fourth-order valence-corrected chi connectivity index (χ4v) is 1.45. The van der Waals surface area contributed by atoms with E-state index in [1.807, 2.05) is 0 Å². The second-order valence-corrected chi connectivity index (χ2v) is 3.07. The van der Waals surface area contributed by atoms with Crippen molar-refractivity contribution in [2.24, 2.45) is 5.92 Å². The van der Waals surface area contributed by atoms with E-state index in [0.29, 0.717) is 6.42 Å². The van der Waals surface area contributed by atoms with Crippen LogP contribution in [0.3, 0.4) is 0 Å². The van der Waals surface area contributed by atoms with E-state index in [-0.39, 0.29) is 5.92 Å². The Kier molecular flexibility index (Phi) is 3.14. The van der Waals surface area contributed by atoms with Crippen LogP contribution in [0.4, 0.5) is 0 Å². The molecule has 0 aliphatic heterocycles. The van der Waals surface area contributed by atoms with Crippen LogP contribution >= 0.6 is 0 Å². The van der Waals surface area contributed by atoms with Crippen molar-refractivity contribution in [1.29, 1.82) is 0 Å². The average molecular weight is 154 g/mol. The summed E-state index contributed by atoms with van der Waals surface area (Å²) in [7, 11) is 0. The van der Waals surface area contributed by atoms with Crippen molar-refractivity contribution in [3.8, 4) is 0 Å². The van der Waals surface area contributed by atoms with E-state index in [1.54, 1.807) is 0 Å². The Morgan fingerprint density at radius 1 is 1.55 bits per heavy atom. The highest BCUT2D eigenvalue weighted by Crippen LogP contribution is 2.19. The summed E-state index contributed by atoms with van der Waals surface area (Å²) in [6.45, 7) is 0. The predicted molar refractivity (Wildman–Crippen MR) is 43.4 cm³/mol. The Labute approximate surface area is 66.9 Å². The molecular weight excluding hydrogens is 140 g/mol. The minimum atomic E-state index is -0.679. The molecule has 0 saturated carbocycles. The predicted octanol–water partition coefficient (Wildman–Crippen LogP) is 2.21. The minimum Gasteiger partial charge on any atom is -0.481 e. The third-order valence-corrected chi connectivity index (χ3v) is 2.04. The molecule has 62 valence electrons. The van der Waals surface area contributed by atoms with E-state index in [0.717, 1.165) is 12.8 Å². The molecule has 1 aliphatic carbocycles. The van der Waals surface area contributed by atoms with Crippen molar-refractivity contribution in [2.45, 2.75) is 32.1 Å². The van der Waals surface area contributed by atoms with Gasteiger partial charge in [-0.3, -0.25) is 4.79 Å². The highest BCUT2D eigenvalue weighted by atomic mass is 16.4. The molecule has 11 heavy (non-hydrogen) atoms. The summed E-state index contributed by atoms with van der Waals surface area (Å²) in [5.41, 5.74) is 0. The lowest BCUT2D eigenvalue weighted by molar-refractivity contribution is -0.137. The van der Waals surface area contributed by atoms with Crippen molar-refractivity contribution >= 4 is 5.97 Å². The van der Waals surface area contributed by atoms with Crippen LogP contribution in [0.5, 0.6) is 0 Å². The normalized spacial score (nSPS) is 24.5. The van der Waals surface area contributed by atoms with Gasteiger partial charge in [-0.2, -0.15) is 0 Å². The van der Waals surface area contributed by atoms with Gasteiger partial charge in [-0.1, -0.05) is 18.6 Å². The first kappa shape index (κ1) is 8.31. The van der Waals surface area contributed by atoms with Gasteiger partial charge >= 0.3 is 5.97 Å². The molecule has 0 aromatic carbocycles. The first-order chi connectivity index (χ1) is 5.29. The molecule has 0 unspecified atom stereocenters. The molecule has 2 heteroatoms. The number of aliphatic carboxylic acids is 1. The summed E-state index contributed by atoms with van der Waals surface area (Å²) in [5, 5.41) is 8.52. The topological polar surface area (TPSA) is 37.3 Å². The number of rotatable bonds is 2. The molecule has 0 bridgehead atoms. The van der Waals surface area contributed by atoms with Crippen LogP contribution in [-0.4, -0.2) is 11.1 Å². The fraction of sp³-hybridized carbons (Fsp3) is 0.667. The van der Waals surface area contributed by atoms with E-state index < -0.39 is 5.97 Å².